The molecule has 0 spiro atoms. The number of para-hydroxylation sites is 1. The van der Waals surface area contributed by atoms with Gasteiger partial charge in [0.05, 0.1) is 51.1 Å². The van der Waals surface area contributed by atoms with Crippen LogP contribution in [0.4, 0.5) is 0 Å². The zero-order chi connectivity index (χ0) is 56.2. The number of furan rings is 2. The van der Waals surface area contributed by atoms with Gasteiger partial charge in [0, 0.05) is 77.3 Å². The van der Waals surface area contributed by atoms with E-state index in [0.717, 1.165) is 17.1 Å². The maximum Gasteiger partial charge on any atom is 0.326 e. The molecule has 11 heteroatoms. The van der Waals surface area contributed by atoms with E-state index in [0.29, 0.717) is 0 Å². The first-order valence-electron chi connectivity index (χ1n) is 27.9. The summed E-state index contributed by atoms with van der Waals surface area (Å²) in [6.07, 6.45) is 1.79. The molecule has 5 aliphatic rings. The van der Waals surface area contributed by atoms with Crippen molar-refractivity contribution in [1.29, 1.82) is 0 Å². The molecule has 11 heterocycles. The lowest BCUT2D eigenvalue weighted by Gasteiger charge is -2.23. The minimum absolute atomic E-state index is 0.00618. The quantitative estimate of drug-likeness (QED) is 0.142. The van der Waals surface area contributed by atoms with Crippen LogP contribution in [-0.2, 0) is 55.8 Å². The van der Waals surface area contributed by atoms with Gasteiger partial charge < -0.3 is 8.83 Å². The highest BCUT2D eigenvalue weighted by molar-refractivity contribution is 7.13. The lowest BCUT2D eigenvalue weighted by molar-refractivity contribution is -0.666. The summed E-state index contributed by atoms with van der Waals surface area (Å²) < 4.78 is 30.7. The van der Waals surface area contributed by atoms with Gasteiger partial charge in [0.2, 0.25) is 11.5 Å². The first-order chi connectivity index (χ1) is 36.5. The fraction of sp³-hybridized carbons (Fsp3) is 0.403. The maximum atomic E-state index is 6.18. The highest BCUT2D eigenvalue weighted by atomic mass is 32.1. The van der Waals surface area contributed by atoms with Crippen molar-refractivity contribution in [3.63, 3.8) is 0 Å². The number of nitrogens with zero attached hydrogens (tertiary/aromatic N) is 8. The molecule has 0 fully saturated rings. The van der Waals surface area contributed by atoms with Crippen molar-refractivity contribution in [3.05, 3.63) is 163 Å². The topological polar surface area (TPSA) is 61.5 Å². The lowest BCUT2D eigenvalue weighted by atomic mass is 9.80. The summed E-state index contributed by atoms with van der Waals surface area (Å²) in [5, 5.41) is 3.43. The predicted molar refractivity (Wildman–Crippen MR) is 313 cm³/mol. The van der Waals surface area contributed by atoms with Gasteiger partial charge in [0.1, 0.15) is 78.2 Å². The van der Waals surface area contributed by atoms with E-state index in [-0.39, 0.29) is 27.6 Å². The molecule has 0 saturated carbocycles. The van der Waals surface area contributed by atoms with E-state index in [2.05, 4.69) is 261 Å². The third kappa shape index (κ3) is 6.42. The van der Waals surface area contributed by atoms with Crippen LogP contribution in [0.15, 0.2) is 93.3 Å². The van der Waals surface area contributed by atoms with Gasteiger partial charge in [-0.15, -0.1) is 11.3 Å². The largest absolute Gasteiger partial charge is 0.456 e. The third-order valence-corrected chi connectivity index (χ3v) is 20.8. The summed E-state index contributed by atoms with van der Waals surface area (Å²) in [6.45, 7) is 40.6. The summed E-state index contributed by atoms with van der Waals surface area (Å²) >= 11 is 1.85. The van der Waals surface area contributed by atoms with E-state index in [1.54, 1.807) is 6.26 Å². The molecule has 15 rings (SSSR count). The molecule has 10 nitrogen and oxygen atoms in total. The van der Waals surface area contributed by atoms with Crippen molar-refractivity contribution >= 4 is 22.3 Å². The number of aromatic nitrogens is 8. The van der Waals surface area contributed by atoms with Crippen molar-refractivity contribution in [2.45, 2.75) is 152 Å². The van der Waals surface area contributed by atoms with Gasteiger partial charge in [0.25, 0.3) is 11.6 Å². The van der Waals surface area contributed by atoms with E-state index in [4.69, 9.17) is 8.83 Å². The molecule has 78 heavy (non-hydrogen) atoms. The monoisotopic (exact) mass is 1060 g/mol. The Morgan fingerprint density at radius 2 is 0.897 bits per heavy atom. The smallest absolute Gasteiger partial charge is 0.326 e. The number of thiophene rings is 1. The summed E-state index contributed by atoms with van der Waals surface area (Å²) in [6, 6.07) is 26.5. The van der Waals surface area contributed by atoms with E-state index in [1.165, 1.54) is 129 Å². The maximum absolute atomic E-state index is 6.18. The van der Waals surface area contributed by atoms with E-state index < -0.39 is 0 Å². The molecule has 7 aromatic heterocycles. The van der Waals surface area contributed by atoms with Crippen molar-refractivity contribution in [2.75, 3.05) is 0 Å². The number of benzene rings is 3. The molecular weight excluding hydrogens is 981 g/mol. The number of rotatable bonds is 0. The van der Waals surface area contributed by atoms with Crippen molar-refractivity contribution < 1.29 is 27.1 Å². The number of hydrogen-bond donors (Lipinski definition) is 0. The molecule has 3 aromatic carbocycles. The molecule has 0 bridgehead atoms. The van der Waals surface area contributed by atoms with Gasteiger partial charge in [-0.1, -0.05) is 56.3 Å². The zero-order valence-electron chi connectivity index (χ0n) is 50.4. The molecule has 0 saturated heterocycles. The Labute approximate surface area is 465 Å². The fourth-order valence-electron chi connectivity index (χ4n) is 14.9. The molecule has 1 aliphatic carbocycles. The predicted octanol–water partition coefficient (Wildman–Crippen LogP) is 13.5. The van der Waals surface area contributed by atoms with Crippen LogP contribution in [0.1, 0.15) is 148 Å². The first-order valence-corrected chi connectivity index (χ1v) is 28.7. The molecular formula is C67H80N8O2S+4. The average molecular weight is 1060 g/mol. The molecule has 0 unspecified atom stereocenters. The van der Waals surface area contributed by atoms with Crippen LogP contribution < -0.4 is 18.3 Å². The van der Waals surface area contributed by atoms with Crippen LogP contribution in [0.25, 0.3) is 67.4 Å². The normalized spacial score (nSPS) is 16.6. The molecule has 10 aromatic rings. The van der Waals surface area contributed by atoms with Gasteiger partial charge in [-0.25, -0.2) is 36.5 Å². The van der Waals surface area contributed by atoms with Crippen LogP contribution in [0.3, 0.4) is 0 Å². The van der Waals surface area contributed by atoms with Crippen LogP contribution in [-0.4, -0.2) is 18.3 Å². The molecule has 0 N–H and O–H groups in total. The standard InChI is InChI=1S/C24H27N2.C17H19N2O.C13H17N2O.C13H17N2S/c1-14-15(2)26-22(25(14)7)18-13-20-17(12-21(18)24(26,5)6)16-10-8-9-11-19(16)23(20,3)4;1-10-11(2)19-16(18(10)5)15-14(17(19,3)4)12-8-6-7-9-13(12)20-15;2*1-8-9(2)15-12(14(8)5)11-10(6-7-16-11)13(15,3)4/h8-13H,1-7H3;6-9H,1-5H3;2*6-7H,1-5H3/q4*+1. The summed E-state index contributed by atoms with van der Waals surface area (Å²) in [5.74, 6) is 7.11. The van der Waals surface area contributed by atoms with Crippen LogP contribution in [0.2, 0.25) is 0 Å². The van der Waals surface area contributed by atoms with E-state index in [9.17, 15) is 0 Å². The minimum Gasteiger partial charge on any atom is -0.456 e. The highest BCUT2D eigenvalue weighted by Gasteiger charge is 2.52. The van der Waals surface area contributed by atoms with Gasteiger partial charge in [0.15, 0.2) is 0 Å². The second kappa shape index (κ2) is 16.5. The molecule has 0 amide bonds. The Balaban J connectivity index is 0.000000106. The first kappa shape index (κ1) is 51.8. The lowest BCUT2D eigenvalue weighted by Crippen LogP contribution is -2.32. The Morgan fingerprint density at radius 1 is 0.423 bits per heavy atom. The highest BCUT2D eigenvalue weighted by Crippen LogP contribution is 2.55. The average Bonchev–Trinajstić information content (AvgIpc) is 4.35. The Kier molecular flexibility index (Phi) is 11.0. The van der Waals surface area contributed by atoms with Crippen LogP contribution in [0.5, 0.6) is 0 Å². The Bertz CT molecular complexity index is 4110. The number of fused-ring (bicyclic) bond motifs is 17. The molecule has 0 radical (unpaired) electrons. The van der Waals surface area contributed by atoms with Crippen molar-refractivity contribution in [3.8, 4) is 56.4 Å². The van der Waals surface area contributed by atoms with Crippen molar-refractivity contribution in [2.24, 2.45) is 28.2 Å². The third-order valence-electron chi connectivity index (χ3n) is 19.9. The Morgan fingerprint density at radius 3 is 1.53 bits per heavy atom. The second-order valence-corrected chi connectivity index (χ2v) is 26.5. The molecule has 4 aliphatic heterocycles. The SMILES string of the molecule is Cc1c(C)[n+](C)c2n1C(C)(C)c1c-2oc2ccccc12.Cc1c(C)[n+](C)c2n1C(C)(C)c1cc3c(cc1-2)C(C)(C)c1ccccc1-3.Cc1c(C)[n+](C)c2n1C(C)(C)c1ccoc1-2.Cc1c(C)[n+](C)c2n1C(C)(C)c1ccsc1-2. The Hall–Kier alpha value is -6.98. The van der Waals surface area contributed by atoms with Crippen LogP contribution in [0, 0.1) is 55.4 Å². The summed E-state index contributed by atoms with van der Waals surface area (Å²) in [5.41, 5.74) is 24.3. The molecule has 402 valence electrons. The van der Waals surface area contributed by atoms with Crippen molar-refractivity contribution in [1.82, 2.24) is 18.3 Å². The van der Waals surface area contributed by atoms with Gasteiger partial charge in [-0.05, 0) is 113 Å². The van der Waals surface area contributed by atoms with Gasteiger partial charge in [-0.2, -0.15) is 0 Å². The number of imidazole rings is 4. The van der Waals surface area contributed by atoms with Gasteiger partial charge in [-0.3, -0.25) is 0 Å². The number of hydrogen-bond acceptors (Lipinski definition) is 3. The van der Waals surface area contributed by atoms with Gasteiger partial charge >= 0.3 is 11.6 Å². The van der Waals surface area contributed by atoms with E-state index in [1.807, 2.05) is 17.4 Å². The summed E-state index contributed by atoms with van der Waals surface area (Å²) in [7, 11) is 8.58. The molecule has 0 atom stereocenters. The minimum atomic E-state index is -0.0760. The fourth-order valence-corrected chi connectivity index (χ4v) is 16.1. The van der Waals surface area contributed by atoms with E-state index >= 15 is 0 Å². The van der Waals surface area contributed by atoms with Crippen LogP contribution >= 0.6 is 11.3 Å². The summed E-state index contributed by atoms with van der Waals surface area (Å²) in [4.78, 5) is 1.43. The zero-order valence-corrected chi connectivity index (χ0v) is 51.2. The second-order valence-electron chi connectivity index (χ2n) is 25.5.